The molecule has 33 heavy (non-hydrogen) atoms. The highest BCUT2D eigenvalue weighted by atomic mass is 19.2. The van der Waals surface area contributed by atoms with Crippen molar-refractivity contribution in [2.24, 2.45) is 0 Å². The van der Waals surface area contributed by atoms with Crippen molar-refractivity contribution >= 4 is 0 Å². The molecule has 1 fully saturated rings. The highest BCUT2D eigenvalue weighted by Gasteiger charge is 2.25. The van der Waals surface area contributed by atoms with E-state index in [1.165, 1.54) is 18.2 Å². The number of ether oxygens (including phenoxy) is 2. The van der Waals surface area contributed by atoms with Gasteiger partial charge in [-0.2, -0.15) is 4.39 Å². The van der Waals surface area contributed by atoms with Gasteiger partial charge in [0.05, 0.1) is 12.7 Å². The van der Waals surface area contributed by atoms with Crippen LogP contribution in [-0.4, -0.2) is 19.3 Å². The lowest BCUT2D eigenvalue weighted by Gasteiger charge is -2.27. The van der Waals surface area contributed by atoms with Gasteiger partial charge in [0.2, 0.25) is 5.82 Å². The second kappa shape index (κ2) is 9.79. The van der Waals surface area contributed by atoms with Gasteiger partial charge in [0.15, 0.2) is 23.2 Å². The minimum Gasteiger partial charge on any atom is -0.486 e. The van der Waals surface area contributed by atoms with Crippen molar-refractivity contribution in [3.05, 3.63) is 90.0 Å². The van der Waals surface area contributed by atoms with Crippen molar-refractivity contribution in [2.45, 2.75) is 31.8 Å². The van der Waals surface area contributed by atoms with Gasteiger partial charge in [0.25, 0.3) is 0 Å². The Bertz CT molecular complexity index is 1150. The number of halogens is 4. The molecule has 0 radical (unpaired) electrons. The zero-order chi connectivity index (χ0) is 23.5. The molecule has 0 aliphatic carbocycles. The summed E-state index contributed by atoms with van der Waals surface area (Å²) < 4.78 is 69.3. The molecule has 1 aliphatic rings. The largest absolute Gasteiger partial charge is 0.486 e. The summed E-state index contributed by atoms with van der Waals surface area (Å²) >= 11 is 0. The lowest BCUT2D eigenvalue weighted by molar-refractivity contribution is 0.0147. The summed E-state index contributed by atoms with van der Waals surface area (Å²) in [7, 11) is 0. The maximum absolute atomic E-state index is 14.9. The van der Waals surface area contributed by atoms with Crippen LogP contribution in [0.4, 0.5) is 17.6 Å². The molecule has 0 bridgehead atoms. The lowest BCUT2D eigenvalue weighted by Crippen LogP contribution is -2.23. The molecule has 1 aliphatic heterocycles. The predicted octanol–water partition coefficient (Wildman–Crippen LogP) is 7.42. The summed E-state index contributed by atoms with van der Waals surface area (Å²) in [5.74, 6) is -4.33. The summed E-state index contributed by atoms with van der Waals surface area (Å²) in [6.07, 6.45) is 3.10. The summed E-state index contributed by atoms with van der Waals surface area (Å²) in [6.45, 7) is 5.86. The van der Waals surface area contributed by atoms with Crippen LogP contribution in [0.3, 0.4) is 0 Å². The first kappa shape index (κ1) is 23.1. The molecule has 6 heteroatoms. The molecule has 172 valence electrons. The van der Waals surface area contributed by atoms with Gasteiger partial charge < -0.3 is 9.47 Å². The molecule has 0 aromatic heterocycles. The van der Waals surface area contributed by atoms with Gasteiger partial charge in [-0.15, -0.1) is 0 Å². The van der Waals surface area contributed by atoms with Gasteiger partial charge in [-0.3, -0.25) is 0 Å². The van der Waals surface area contributed by atoms with Crippen LogP contribution in [-0.2, 0) is 4.74 Å². The third-order valence-corrected chi connectivity index (χ3v) is 5.97. The molecule has 2 unspecified atom stereocenters. The van der Waals surface area contributed by atoms with E-state index in [0.717, 1.165) is 12.8 Å². The average molecular weight is 456 g/mol. The molecule has 0 amide bonds. The van der Waals surface area contributed by atoms with Crippen LogP contribution in [0.5, 0.6) is 5.75 Å². The van der Waals surface area contributed by atoms with Crippen molar-refractivity contribution < 1.29 is 27.0 Å². The van der Waals surface area contributed by atoms with Gasteiger partial charge in [0, 0.05) is 17.0 Å². The first-order chi connectivity index (χ1) is 15.9. The van der Waals surface area contributed by atoms with Crippen LogP contribution >= 0.6 is 0 Å². The van der Waals surface area contributed by atoms with E-state index >= 15 is 0 Å². The second-order valence-electron chi connectivity index (χ2n) is 8.16. The summed E-state index contributed by atoms with van der Waals surface area (Å²) in [5, 5.41) is 0. The van der Waals surface area contributed by atoms with E-state index in [-0.39, 0.29) is 35.5 Å². The van der Waals surface area contributed by atoms with Crippen LogP contribution in [0.1, 0.15) is 31.2 Å². The monoisotopic (exact) mass is 456 g/mol. The molecule has 4 rings (SSSR count). The number of hydrogen-bond donors (Lipinski definition) is 0. The van der Waals surface area contributed by atoms with Crippen molar-refractivity contribution in [2.75, 3.05) is 13.2 Å². The molecular formula is C27H24F4O2. The Labute approximate surface area is 190 Å². The number of rotatable bonds is 6. The molecule has 1 heterocycles. The Balaban J connectivity index is 1.59. The van der Waals surface area contributed by atoms with E-state index in [4.69, 9.17) is 9.47 Å². The lowest BCUT2D eigenvalue weighted by atomic mass is 9.89. The highest BCUT2D eigenvalue weighted by Crippen LogP contribution is 2.35. The molecule has 0 spiro atoms. The average Bonchev–Trinajstić information content (AvgIpc) is 2.83. The Morgan fingerprint density at radius 2 is 1.45 bits per heavy atom. The first-order valence-corrected chi connectivity index (χ1v) is 10.8. The van der Waals surface area contributed by atoms with E-state index in [0.29, 0.717) is 23.3 Å². The Hall–Kier alpha value is -3.12. The molecule has 2 nitrogen and oxygen atoms in total. The third kappa shape index (κ3) is 4.67. The SMILES string of the molecule is C=CCOc1ccc(-c2ccc(-c3ccc(C4CCC(C)OC4)c(F)c3F)cc2)c(F)c1F. The normalized spacial score (nSPS) is 18.2. The van der Waals surface area contributed by atoms with Gasteiger partial charge in [0.1, 0.15) is 6.61 Å². The second-order valence-corrected chi connectivity index (χ2v) is 8.16. The van der Waals surface area contributed by atoms with E-state index in [9.17, 15) is 17.6 Å². The fourth-order valence-corrected chi connectivity index (χ4v) is 4.08. The van der Waals surface area contributed by atoms with Gasteiger partial charge in [-0.1, -0.05) is 49.1 Å². The van der Waals surface area contributed by atoms with Crippen LogP contribution in [0.25, 0.3) is 22.3 Å². The van der Waals surface area contributed by atoms with Crippen molar-refractivity contribution in [1.29, 1.82) is 0 Å². The first-order valence-electron chi connectivity index (χ1n) is 10.8. The summed E-state index contributed by atoms with van der Waals surface area (Å²) in [4.78, 5) is 0. The standard InChI is InChI=1S/C27H24F4O2/c1-3-14-32-23-13-12-21(26(30)27(23)31)18-8-6-17(7-9-18)20-10-11-22(25(29)24(20)28)19-5-4-16(2)33-15-19/h3,6-13,16,19H,1,4-5,14-15H2,2H3. The number of benzene rings is 3. The maximum Gasteiger partial charge on any atom is 0.201 e. The predicted molar refractivity (Wildman–Crippen MR) is 120 cm³/mol. The molecule has 0 saturated carbocycles. The van der Waals surface area contributed by atoms with E-state index in [1.807, 2.05) is 6.92 Å². The fraction of sp³-hybridized carbons (Fsp3) is 0.259. The van der Waals surface area contributed by atoms with Crippen LogP contribution in [0.15, 0.2) is 61.2 Å². The summed E-state index contributed by atoms with van der Waals surface area (Å²) in [6, 6.07) is 12.1. The molecule has 0 N–H and O–H groups in total. The topological polar surface area (TPSA) is 18.5 Å². The zero-order valence-corrected chi connectivity index (χ0v) is 18.2. The van der Waals surface area contributed by atoms with E-state index in [1.54, 1.807) is 36.4 Å². The maximum atomic E-state index is 14.9. The molecule has 3 aromatic carbocycles. The van der Waals surface area contributed by atoms with Gasteiger partial charge in [-0.05, 0) is 48.6 Å². The quantitative estimate of drug-likeness (QED) is 0.284. The van der Waals surface area contributed by atoms with Gasteiger partial charge >= 0.3 is 0 Å². The minimum atomic E-state index is -1.09. The van der Waals surface area contributed by atoms with Crippen molar-refractivity contribution in [1.82, 2.24) is 0 Å². The summed E-state index contributed by atoms with van der Waals surface area (Å²) in [5.41, 5.74) is 1.29. The molecule has 1 saturated heterocycles. The number of hydrogen-bond acceptors (Lipinski definition) is 2. The third-order valence-electron chi connectivity index (χ3n) is 5.97. The fourth-order valence-electron chi connectivity index (χ4n) is 4.08. The molecule has 3 aromatic rings. The smallest absolute Gasteiger partial charge is 0.201 e. The van der Waals surface area contributed by atoms with Crippen molar-refractivity contribution in [3.63, 3.8) is 0 Å². The Morgan fingerprint density at radius 3 is 2.03 bits per heavy atom. The van der Waals surface area contributed by atoms with Crippen LogP contribution < -0.4 is 4.74 Å². The Kier molecular flexibility index (Phi) is 6.84. The van der Waals surface area contributed by atoms with Crippen LogP contribution in [0, 0.1) is 23.3 Å². The zero-order valence-electron chi connectivity index (χ0n) is 18.2. The minimum absolute atomic E-state index is 0.0403. The van der Waals surface area contributed by atoms with Crippen LogP contribution in [0.2, 0.25) is 0 Å². The highest BCUT2D eigenvalue weighted by molar-refractivity contribution is 5.71. The van der Waals surface area contributed by atoms with Gasteiger partial charge in [-0.25, -0.2) is 13.2 Å². The molecule has 2 atom stereocenters. The Morgan fingerprint density at radius 1 is 0.848 bits per heavy atom. The van der Waals surface area contributed by atoms with E-state index in [2.05, 4.69) is 6.58 Å². The van der Waals surface area contributed by atoms with Crippen molar-refractivity contribution in [3.8, 4) is 28.0 Å². The molecular weight excluding hydrogens is 432 g/mol. The van der Waals surface area contributed by atoms with E-state index < -0.39 is 23.3 Å².